The lowest BCUT2D eigenvalue weighted by atomic mass is 9.86. The zero-order chi connectivity index (χ0) is 19.3. The average Bonchev–Trinajstić information content (AvgIpc) is 3.19. The van der Waals surface area contributed by atoms with Crippen molar-refractivity contribution in [3.63, 3.8) is 0 Å². The number of aromatic amines is 1. The predicted molar refractivity (Wildman–Crippen MR) is 117 cm³/mol. The minimum absolute atomic E-state index is 0.640. The number of rotatable bonds is 10. The average molecular weight is 402 g/mol. The fraction of sp³-hybridized carbons (Fsp3) is 0.609. The number of anilines is 1. The van der Waals surface area contributed by atoms with E-state index in [-0.39, 0.29) is 0 Å². The van der Waals surface area contributed by atoms with Gasteiger partial charge in [-0.2, -0.15) is 5.10 Å². The molecule has 5 rings (SSSR count). The van der Waals surface area contributed by atoms with Crippen molar-refractivity contribution in [1.82, 2.24) is 10.2 Å². The first-order valence-electron chi connectivity index (χ1n) is 11.0. The number of fused-ring (bicyclic) bond motifs is 2. The van der Waals surface area contributed by atoms with Gasteiger partial charge >= 0.3 is 0 Å². The molecule has 152 valence electrons. The van der Waals surface area contributed by atoms with Gasteiger partial charge in [0.1, 0.15) is 11.4 Å². The smallest absolute Gasteiger partial charge is 0.137 e. The van der Waals surface area contributed by atoms with Gasteiger partial charge in [0.15, 0.2) is 0 Å². The summed E-state index contributed by atoms with van der Waals surface area (Å²) in [6.07, 6.45) is 11.5. The number of hydrogen-bond donors (Lipinski definition) is 1. The predicted octanol–water partition coefficient (Wildman–Crippen LogP) is 6.56. The summed E-state index contributed by atoms with van der Waals surface area (Å²) in [6, 6.07) is 6.09. The summed E-state index contributed by atoms with van der Waals surface area (Å²) in [5, 5.41) is 8.60. The van der Waals surface area contributed by atoms with Crippen LogP contribution in [0.1, 0.15) is 76.3 Å². The molecule has 0 saturated carbocycles. The summed E-state index contributed by atoms with van der Waals surface area (Å²) in [6.45, 7) is 5.26. The van der Waals surface area contributed by atoms with Gasteiger partial charge in [-0.1, -0.05) is 57.0 Å². The Balaban J connectivity index is 1.33. The molecule has 4 nitrogen and oxygen atoms in total. The maximum absolute atomic E-state index is 6.53. The van der Waals surface area contributed by atoms with Gasteiger partial charge in [-0.15, -0.1) is 0 Å². The molecule has 1 aromatic carbocycles. The Morgan fingerprint density at radius 3 is 2.61 bits per heavy atom. The highest BCUT2D eigenvalue weighted by Gasteiger charge is 2.35. The first kappa shape index (κ1) is 19.6. The van der Waals surface area contributed by atoms with Crippen molar-refractivity contribution in [2.75, 3.05) is 24.6 Å². The Hall–Kier alpha value is -1.68. The fourth-order valence-corrected chi connectivity index (χ4v) is 4.79. The van der Waals surface area contributed by atoms with Crippen LogP contribution in [0.25, 0.3) is 11.3 Å². The highest BCUT2D eigenvalue weighted by atomic mass is 35.5. The van der Waals surface area contributed by atoms with Crippen LogP contribution in [0.15, 0.2) is 18.2 Å². The van der Waals surface area contributed by atoms with E-state index in [1.54, 1.807) is 0 Å². The van der Waals surface area contributed by atoms with Crippen LogP contribution in [0.3, 0.4) is 0 Å². The van der Waals surface area contributed by atoms with Crippen LogP contribution in [-0.4, -0.2) is 29.9 Å². The highest BCUT2D eigenvalue weighted by molar-refractivity contribution is 6.32. The number of benzene rings is 1. The van der Waals surface area contributed by atoms with Gasteiger partial charge in [0.2, 0.25) is 0 Å². The number of nitrogens with zero attached hydrogens (tertiary/aromatic N) is 2. The third kappa shape index (κ3) is 4.17. The van der Waals surface area contributed by atoms with E-state index in [2.05, 4.69) is 28.1 Å². The number of halogens is 1. The Morgan fingerprint density at radius 2 is 1.86 bits per heavy atom. The first-order valence-corrected chi connectivity index (χ1v) is 11.4. The molecule has 3 aliphatic heterocycles. The van der Waals surface area contributed by atoms with E-state index in [4.69, 9.17) is 16.3 Å². The third-order valence-electron chi connectivity index (χ3n) is 6.20. The zero-order valence-electron chi connectivity index (χ0n) is 17.0. The highest BCUT2D eigenvalue weighted by Crippen LogP contribution is 2.46. The van der Waals surface area contributed by atoms with Crippen molar-refractivity contribution in [3.05, 3.63) is 28.9 Å². The van der Waals surface area contributed by atoms with Gasteiger partial charge in [0.25, 0.3) is 0 Å². The number of nitrogens with one attached hydrogen (secondary N) is 1. The standard InChI is InChI=1S/C23H32ClN3O/c1-2-3-4-5-6-7-8-15-28-20-10-9-18(16-19(20)24)22-23-21(25-26-22)17-11-13-27(23)14-12-17/h9-10,16-17H,2-8,11-15H2,1H3,(H,25,26). The normalized spacial score (nSPS) is 15.9. The van der Waals surface area contributed by atoms with Crippen molar-refractivity contribution in [1.29, 1.82) is 0 Å². The first-order chi connectivity index (χ1) is 13.8. The molecule has 4 heterocycles. The molecule has 1 aromatic heterocycles. The minimum atomic E-state index is 0.640. The summed E-state index contributed by atoms with van der Waals surface area (Å²) in [5.74, 6) is 1.42. The van der Waals surface area contributed by atoms with E-state index in [0.717, 1.165) is 43.1 Å². The Labute approximate surface area is 173 Å². The fourth-order valence-electron chi connectivity index (χ4n) is 4.55. The van der Waals surface area contributed by atoms with Crippen LogP contribution in [-0.2, 0) is 0 Å². The van der Waals surface area contributed by atoms with E-state index in [0.29, 0.717) is 10.9 Å². The lowest BCUT2D eigenvalue weighted by Gasteiger charge is -2.40. The SMILES string of the molecule is CCCCCCCCCOc1ccc(-c2n[nH]c3c2N2CCC3CC2)cc1Cl. The summed E-state index contributed by atoms with van der Waals surface area (Å²) in [7, 11) is 0. The van der Waals surface area contributed by atoms with Gasteiger partial charge in [-0.05, 0) is 37.5 Å². The van der Waals surface area contributed by atoms with Crippen LogP contribution in [0.2, 0.25) is 5.02 Å². The van der Waals surface area contributed by atoms with E-state index in [1.165, 1.54) is 62.7 Å². The molecule has 0 aliphatic carbocycles. The number of aromatic nitrogens is 2. The van der Waals surface area contributed by atoms with Crippen LogP contribution in [0, 0.1) is 0 Å². The van der Waals surface area contributed by atoms with E-state index >= 15 is 0 Å². The van der Waals surface area contributed by atoms with Gasteiger partial charge in [0.05, 0.1) is 23.0 Å². The van der Waals surface area contributed by atoms with E-state index < -0.39 is 0 Å². The number of H-pyrrole nitrogens is 1. The van der Waals surface area contributed by atoms with Crippen LogP contribution >= 0.6 is 11.6 Å². The second-order valence-corrected chi connectivity index (χ2v) is 8.62. The van der Waals surface area contributed by atoms with Crippen molar-refractivity contribution >= 4 is 17.3 Å². The molecule has 0 amide bonds. The van der Waals surface area contributed by atoms with Crippen molar-refractivity contribution in [2.24, 2.45) is 0 Å². The third-order valence-corrected chi connectivity index (χ3v) is 6.49. The summed E-state index contributed by atoms with van der Waals surface area (Å²) < 4.78 is 5.93. The molecule has 1 saturated heterocycles. The monoisotopic (exact) mass is 401 g/mol. The number of unbranched alkanes of at least 4 members (excludes halogenated alkanes) is 6. The topological polar surface area (TPSA) is 41.1 Å². The maximum Gasteiger partial charge on any atom is 0.137 e. The van der Waals surface area contributed by atoms with Gasteiger partial charge in [-0.25, -0.2) is 0 Å². The molecule has 28 heavy (non-hydrogen) atoms. The van der Waals surface area contributed by atoms with Gasteiger partial charge in [0, 0.05) is 24.6 Å². The molecular formula is C23H32ClN3O. The lowest BCUT2D eigenvalue weighted by Crippen LogP contribution is -2.38. The Morgan fingerprint density at radius 1 is 1.11 bits per heavy atom. The van der Waals surface area contributed by atoms with Crippen LogP contribution in [0.4, 0.5) is 5.69 Å². The lowest BCUT2D eigenvalue weighted by molar-refractivity contribution is 0.304. The molecule has 5 heteroatoms. The van der Waals surface area contributed by atoms with Crippen molar-refractivity contribution in [2.45, 2.75) is 70.6 Å². The molecule has 0 unspecified atom stereocenters. The molecule has 0 atom stereocenters. The van der Waals surface area contributed by atoms with Gasteiger partial charge < -0.3 is 9.64 Å². The zero-order valence-corrected chi connectivity index (χ0v) is 17.7. The molecule has 1 fully saturated rings. The minimum Gasteiger partial charge on any atom is -0.492 e. The molecule has 0 radical (unpaired) electrons. The summed E-state index contributed by atoms with van der Waals surface area (Å²) >= 11 is 6.53. The van der Waals surface area contributed by atoms with Gasteiger partial charge in [-0.3, -0.25) is 5.10 Å². The largest absolute Gasteiger partial charge is 0.492 e. The molecule has 0 spiro atoms. The van der Waals surface area contributed by atoms with Crippen molar-refractivity contribution < 1.29 is 4.74 Å². The quantitative estimate of drug-likeness (QED) is 0.458. The molecule has 1 N–H and O–H groups in total. The van der Waals surface area contributed by atoms with E-state index in [9.17, 15) is 0 Å². The summed E-state index contributed by atoms with van der Waals surface area (Å²) in [5.41, 5.74) is 4.69. The molecule has 2 aromatic rings. The summed E-state index contributed by atoms with van der Waals surface area (Å²) in [4.78, 5) is 2.47. The number of ether oxygens (including phenoxy) is 1. The number of piperidine rings is 1. The number of hydrogen-bond acceptors (Lipinski definition) is 3. The van der Waals surface area contributed by atoms with Crippen LogP contribution in [0.5, 0.6) is 5.75 Å². The maximum atomic E-state index is 6.53. The molecule has 3 aliphatic rings. The molecular weight excluding hydrogens is 370 g/mol. The van der Waals surface area contributed by atoms with Crippen LogP contribution < -0.4 is 9.64 Å². The second-order valence-electron chi connectivity index (χ2n) is 8.21. The van der Waals surface area contributed by atoms with E-state index in [1.807, 2.05) is 12.1 Å². The Bertz CT molecular complexity index is 780. The Kier molecular flexibility index (Phi) is 6.46. The van der Waals surface area contributed by atoms with Crippen molar-refractivity contribution in [3.8, 4) is 17.0 Å². The second kappa shape index (κ2) is 9.21. The molecule has 2 bridgehead atoms.